The molecule has 0 aromatic rings. The van der Waals surface area contributed by atoms with Gasteiger partial charge in [0.1, 0.15) is 0 Å². The van der Waals surface area contributed by atoms with E-state index in [9.17, 15) is 4.79 Å². The number of hydrogen-bond acceptors (Lipinski definition) is 3. The normalized spacial score (nSPS) is 16.9. The first kappa shape index (κ1) is 17.4. The van der Waals surface area contributed by atoms with Gasteiger partial charge in [-0.1, -0.05) is 13.8 Å². The number of rotatable bonds is 9. The summed E-state index contributed by atoms with van der Waals surface area (Å²) in [6, 6.07) is 0.218. The second-order valence-electron chi connectivity index (χ2n) is 6.06. The Morgan fingerprint density at radius 2 is 1.83 bits per heavy atom. The number of hydrogen-bond donors (Lipinski definition) is 2. The lowest BCUT2D eigenvalue weighted by Gasteiger charge is -2.30. The highest BCUT2D eigenvalue weighted by Gasteiger charge is 2.31. The summed E-state index contributed by atoms with van der Waals surface area (Å²) in [5.74, 6) is 0.299. The molecule has 0 fully saturated rings. The third kappa shape index (κ3) is 6.97. The number of carbonyl (C=O) groups excluding carboxylic acids is 1. The van der Waals surface area contributed by atoms with Gasteiger partial charge in [0.05, 0.1) is 11.6 Å². The molecule has 0 aromatic heterocycles. The second-order valence-corrected chi connectivity index (χ2v) is 6.06. The molecular formula is C14H30N2O2. The van der Waals surface area contributed by atoms with Gasteiger partial charge in [0, 0.05) is 12.6 Å². The minimum atomic E-state index is -0.689. The van der Waals surface area contributed by atoms with Crippen LogP contribution in [0.4, 0.5) is 0 Å². The minimum absolute atomic E-state index is 0.218. The van der Waals surface area contributed by atoms with Crippen LogP contribution >= 0.6 is 0 Å². The van der Waals surface area contributed by atoms with E-state index < -0.39 is 5.54 Å². The van der Waals surface area contributed by atoms with Crippen LogP contribution in [0, 0.1) is 5.92 Å². The summed E-state index contributed by atoms with van der Waals surface area (Å²) in [5.41, 5.74) is 4.77. The zero-order chi connectivity index (χ0) is 14.3. The summed E-state index contributed by atoms with van der Waals surface area (Å²) < 4.78 is 5.73. The van der Waals surface area contributed by atoms with E-state index in [0.29, 0.717) is 18.9 Å². The van der Waals surface area contributed by atoms with Crippen molar-refractivity contribution in [1.82, 2.24) is 5.32 Å². The van der Waals surface area contributed by atoms with E-state index in [0.717, 1.165) is 6.42 Å². The SMILES string of the molecule is CC(C)CC(C)OCCC(C)(NC(C)C)C(N)=O. The van der Waals surface area contributed by atoms with Gasteiger partial charge in [-0.25, -0.2) is 0 Å². The van der Waals surface area contributed by atoms with Gasteiger partial charge >= 0.3 is 0 Å². The van der Waals surface area contributed by atoms with Crippen molar-refractivity contribution in [2.45, 2.75) is 72.1 Å². The molecule has 2 unspecified atom stereocenters. The first-order valence-corrected chi connectivity index (χ1v) is 6.86. The maximum atomic E-state index is 11.5. The summed E-state index contributed by atoms with van der Waals surface area (Å²) in [5, 5.41) is 3.22. The van der Waals surface area contributed by atoms with Crippen LogP contribution in [0.15, 0.2) is 0 Å². The highest BCUT2D eigenvalue weighted by atomic mass is 16.5. The molecule has 4 heteroatoms. The molecule has 3 N–H and O–H groups in total. The summed E-state index contributed by atoms with van der Waals surface area (Å²) in [7, 11) is 0. The maximum absolute atomic E-state index is 11.5. The Labute approximate surface area is 112 Å². The maximum Gasteiger partial charge on any atom is 0.237 e. The third-order valence-corrected chi connectivity index (χ3v) is 2.96. The van der Waals surface area contributed by atoms with Crippen molar-refractivity contribution in [3.63, 3.8) is 0 Å². The molecule has 0 rings (SSSR count). The van der Waals surface area contributed by atoms with Crippen molar-refractivity contribution in [1.29, 1.82) is 0 Å². The topological polar surface area (TPSA) is 64.3 Å². The van der Waals surface area contributed by atoms with Crippen molar-refractivity contribution in [3.05, 3.63) is 0 Å². The molecule has 0 saturated carbocycles. The number of nitrogens with two attached hydrogens (primary N) is 1. The van der Waals surface area contributed by atoms with E-state index in [-0.39, 0.29) is 18.1 Å². The highest BCUT2D eigenvalue weighted by Crippen LogP contribution is 2.13. The Morgan fingerprint density at radius 1 is 1.28 bits per heavy atom. The van der Waals surface area contributed by atoms with Crippen LogP contribution < -0.4 is 11.1 Å². The van der Waals surface area contributed by atoms with Crippen LogP contribution in [0.5, 0.6) is 0 Å². The Hall–Kier alpha value is -0.610. The predicted octanol–water partition coefficient (Wildman–Crippen LogP) is 2.07. The quantitative estimate of drug-likeness (QED) is 0.665. The Bertz CT molecular complexity index is 254. The van der Waals surface area contributed by atoms with E-state index in [1.807, 2.05) is 20.8 Å². The molecule has 108 valence electrons. The zero-order valence-electron chi connectivity index (χ0n) is 12.7. The molecule has 0 aliphatic heterocycles. The van der Waals surface area contributed by atoms with Gasteiger partial charge in [-0.15, -0.1) is 0 Å². The van der Waals surface area contributed by atoms with Gasteiger partial charge in [-0.3, -0.25) is 4.79 Å². The first-order valence-electron chi connectivity index (χ1n) is 6.86. The van der Waals surface area contributed by atoms with E-state index >= 15 is 0 Å². The summed E-state index contributed by atoms with van der Waals surface area (Å²) in [4.78, 5) is 11.5. The lowest BCUT2D eigenvalue weighted by molar-refractivity contribution is -0.125. The van der Waals surface area contributed by atoms with Gasteiger partial charge in [0.2, 0.25) is 5.91 Å². The third-order valence-electron chi connectivity index (χ3n) is 2.96. The van der Waals surface area contributed by atoms with Crippen LogP contribution in [0.2, 0.25) is 0 Å². The van der Waals surface area contributed by atoms with Gasteiger partial charge in [0.25, 0.3) is 0 Å². The molecule has 0 heterocycles. The molecule has 18 heavy (non-hydrogen) atoms. The largest absolute Gasteiger partial charge is 0.378 e. The van der Waals surface area contributed by atoms with Crippen molar-refractivity contribution in [2.75, 3.05) is 6.61 Å². The standard InChI is InChI=1S/C14H30N2O2/c1-10(2)9-12(5)18-8-7-14(6,13(15)17)16-11(3)4/h10-12,16H,7-9H2,1-6H3,(H2,15,17). The fourth-order valence-electron chi connectivity index (χ4n) is 2.10. The highest BCUT2D eigenvalue weighted by molar-refractivity contribution is 5.84. The molecule has 4 nitrogen and oxygen atoms in total. The Balaban J connectivity index is 4.17. The van der Waals surface area contributed by atoms with Crippen molar-refractivity contribution < 1.29 is 9.53 Å². The molecule has 0 radical (unpaired) electrons. The van der Waals surface area contributed by atoms with E-state index in [1.165, 1.54) is 0 Å². The van der Waals surface area contributed by atoms with Gasteiger partial charge in [0.15, 0.2) is 0 Å². The molecular weight excluding hydrogens is 228 g/mol. The molecule has 1 amide bonds. The summed E-state index contributed by atoms with van der Waals surface area (Å²) in [6.07, 6.45) is 1.86. The predicted molar refractivity (Wildman–Crippen MR) is 75.4 cm³/mol. The Morgan fingerprint density at radius 3 is 2.22 bits per heavy atom. The summed E-state index contributed by atoms with van der Waals surface area (Å²) in [6.45, 7) is 12.8. The lowest BCUT2D eigenvalue weighted by Crippen LogP contribution is -2.56. The number of primary amides is 1. The molecule has 0 spiro atoms. The zero-order valence-corrected chi connectivity index (χ0v) is 12.7. The monoisotopic (exact) mass is 258 g/mol. The average Bonchev–Trinajstić information content (AvgIpc) is 2.14. The fourth-order valence-corrected chi connectivity index (χ4v) is 2.10. The lowest BCUT2D eigenvalue weighted by atomic mass is 9.96. The van der Waals surface area contributed by atoms with E-state index in [1.54, 1.807) is 0 Å². The molecule has 0 aromatic carbocycles. The van der Waals surface area contributed by atoms with Crippen molar-refractivity contribution in [3.8, 4) is 0 Å². The van der Waals surface area contributed by atoms with Crippen LogP contribution in [-0.2, 0) is 9.53 Å². The number of amides is 1. The molecule has 0 bridgehead atoms. The first-order chi connectivity index (χ1) is 8.17. The van der Waals surface area contributed by atoms with Crippen molar-refractivity contribution in [2.24, 2.45) is 11.7 Å². The summed E-state index contributed by atoms with van der Waals surface area (Å²) >= 11 is 0. The van der Waals surface area contributed by atoms with Gasteiger partial charge in [-0.05, 0) is 46.5 Å². The molecule has 0 aliphatic carbocycles. The van der Waals surface area contributed by atoms with Crippen LogP contribution in [0.25, 0.3) is 0 Å². The van der Waals surface area contributed by atoms with E-state index in [4.69, 9.17) is 10.5 Å². The van der Waals surface area contributed by atoms with Gasteiger partial charge in [-0.2, -0.15) is 0 Å². The number of nitrogens with one attached hydrogen (secondary N) is 1. The van der Waals surface area contributed by atoms with Crippen LogP contribution in [0.1, 0.15) is 54.4 Å². The van der Waals surface area contributed by atoms with Gasteiger partial charge < -0.3 is 15.8 Å². The van der Waals surface area contributed by atoms with Crippen LogP contribution in [-0.4, -0.2) is 30.2 Å². The fraction of sp³-hybridized carbons (Fsp3) is 0.929. The van der Waals surface area contributed by atoms with E-state index in [2.05, 4.69) is 26.1 Å². The molecule has 2 atom stereocenters. The molecule has 0 aliphatic rings. The number of carbonyl (C=O) groups is 1. The van der Waals surface area contributed by atoms with Crippen molar-refractivity contribution >= 4 is 5.91 Å². The second kappa shape index (κ2) is 7.74. The number of ether oxygens (including phenoxy) is 1. The minimum Gasteiger partial charge on any atom is -0.378 e. The smallest absolute Gasteiger partial charge is 0.237 e. The Kier molecular flexibility index (Phi) is 7.48. The molecule has 0 saturated heterocycles. The average molecular weight is 258 g/mol. The van der Waals surface area contributed by atoms with Crippen LogP contribution in [0.3, 0.4) is 0 Å².